The summed E-state index contributed by atoms with van der Waals surface area (Å²) in [5.41, 5.74) is 0. The number of esters is 3. The zero-order valence-corrected chi connectivity index (χ0v) is 47.6. The minimum absolute atomic E-state index is 0.0684. The second-order valence-corrected chi connectivity index (χ2v) is 21.7. The maximum Gasteiger partial charge on any atom is 0.306 e. The molecule has 0 radical (unpaired) electrons. The molecule has 0 amide bonds. The van der Waals surface area contributed by atoms with Crippen molar-refractivity contribution in [2.75, 3.05) is 13.2 Å². The van der Waals surface area contributed by atoms with Gasteiger partial charge in [-0.15, -0.1) is 0 Å². The van der Waals surface area contributed by atoms with Crippen LogP contribution in [0.25, 0.3) is 0 Å². The molecule has 70 heavy (non-hydrogen) atoms. The number of hydrogen-bond acceptors (Lipinski definition) is 6. The Morgan fingerprint density at radius 3 is 0.729 bits per heavy atom. The highest BCUT2D eigenvalue weighted by molar-refractivity contribution is 5.71. The fraction of sp³-hybridized carbons (Fsp3) is 0.922. The van der Waals surface area contributed by atoms with Crippen molar-refractivity contribution in [1.29, 1.82) is 0 Å². The molecule has 1 unspecified atom stereocenters. The van der Waals surface area contributed by atoms with Gasteiger partial charge in [-0.05, 0) is 44.9 Å². The lowest BCUT2D eigenvalue weighted by Crippen LogP contribution is -2.30. The van der Waals surface area contributed by atoms with Crippen molar-refractivity contribution in [2.24, 2.45) is 0 Å². The third-order valence-corrected chi connectivity index (χ3v) is 14.5. The van der Waals surface area contributed by atoms with Crippen LogP contribution in [0.15, 0.2) is 12.2 Å². The van der Waals surface area contributed by atoms with Gasteiger partial charge >= 0.3 is 17.9 Å². The number of unbranched alkanes of at least 4 members (excludes halogenated alkanes) is 46. The van der Waals surface area contributed by atoms with Gasteiger partial charge in [0.25, 0.3) is 0 Å². The number of carbonyl (C=O) groups is 3. The van der Waals surface area contributed by atoms with Crippen molar-refractivity contribution in [3.8, 4) is 0 Å². The van der Waals surface area contributed by atoms with E-state index < -0.39 is 6.10 Å². The van der Waals surface area contributed by atoms with Crippen LogP contribution in [0.2, 0.25) is 0 Å². The molecule has 0 fully saturated rings. The van der Waals surface area contributed by atoms with E-state index in [0.29, 0.717) is 19.3 Å². The average molecular weight is 988 g/mol. The first kappa shape index (κ1) is 68.2. The Hall–Kier alpha value is -1.85. The first-order chi connectivity index (χ1) is 34.5. The number of carbonyl (C=O) groups excluding carboxylic acids is 3. The first-order valence-corrected chi connectivity index (χ1v) is 31.7. The molecular weight excluding hydrogens is 865 g/mol. The highest BCUT2D eigenvalue weighted by Gasteiger charge is 2.19. The monoisotopic (exact) mass is 987 g/mol. The minimum atomic E-state index is -0.767. The van der Waals surface area contributed by atoms with Crippen LogP contribution in [-0.2, 0) is 28.6 Å². The van der Waals surface area contributed by atoms with Crippen molar-refractivity contribution in [1.82, 2.24) is 0 Å². The molecule has 0 N–H and O–H groups in total. The molecule has 0 aliphatic heterocycles. The maximum atomic E-state index is 12.8. The van der Waals surface area contributed by atoms with Gasteiger partial charge in [0.15, 0.2) is 6.10 Å². The molecule has 1 atom stereocenters. The summed E-state index contributed by atoms with van der Waals surface area (Å²) in [6.45, 7) is 6.63. The Balaban J connectivity index is 3.91. The van der Waals surface area contributed by atoms with E-state index >= 15 is 0 Å². The van der Waals surface area contributed by atoms with Crippen molar-refractivity contribution < 1.29 is 28.6 Å². The minimum Gasteiger partial charge on any atom is -0.462 e. The smallest absolute Gasteiger partial charge is 0.306 e. The van der Waals surface area contributed by atoms with Crippen LogP contribution in [0.3, 0.4) is 0 Å². The molecule has 6 heteroatoms. The van der Waals surface area contributed by atoms with Crippen LogP contribution >= 0.6 is 0 Å². The summed E-state index contributed by atoms with van der Waals surface area (Å²) in [5.74, 6) is -0.863. The lowest BCUT2D eigenvalue weighted by atomic mass is 10.0. The molecule has 6 nitrogen and oxygen atoms in total. The van der Waals surface area contributed by atoms with E-state index in [-0.39, 0.29) is 31.1 Å². The van der Waals surface area contributed by atoms with Crippen LogP contribution in [0.5, 0.6) is 0 Å². The summed E-state index contributed by atoms with van der Waals surface area (Å²) < 4.78 is 16.8. The summed E-state index contributed by atoms with van der Waals surface area (Å²) in [4.78, 5) is 37.9. The average Bonchev–Trinajstić information content (AvgIpc) is 3.36. The van der Waals surface area contributed by atoms with E-state index in [9.17, 15) is 14.4 Å². The van der Waals surface area contributed by atoms with Gasteiger partial charge in [0, 0.05) is 19.3 Å². The molecular formula is C64H122O6. The summed E-state index contributed by atoms with van der Waals surface area (Å²) in [6, 6.07) is 0. The topological polar surface area (TPSA) is 78.9 Å². The number of hydrogen-bond donors (Lipinski definition) is 0. The zero-order valence-electron chi connectivity index (χ0n) is 47.6. The van der Waals surface area contributed by atoms with Crippen LogP contribution < -0.4 is 0 Å². The fourth-order valence-electron chi connectivity index (χ4n) is 9.74. The Morgan fingerprint density at radius 1 is 0.271 bits per heavy atom. The van der Waals surface area contributed by atoms with Crippen LogP contribution in [0, 0.1) is 0 Å². The molecule has 0 aromatic rings. The van der Waals surface area contributed by atoms with E-state index in [1.54, 1.807) is 0 Å². The molecule has 0 spiro atoms. The largest absolute Gasteiger partial charge is 0.462 e. The van der Waals surface area contributed by atoms with Gasteiger partial charge < -0.3 is 14.2 Å². The summed E-state index contributed by atoms with van der Waals surface area (Å²) in [5, 5.41) is 0. The molecule has 0 rings (SSSR count). The summed E-state index contributed by atoms with van der Waals surface area (Å²) >= 11 is 0. The molecule has 0 saturated carbocycles. The molecule has 0 heterocycles. The van der Waals surface area contributed by atoms with Gasteiger partial charge in [0.1, 0.15) is 13.2 Å². The molecule has 0 aliphatic carbocycles. The first-order valence-electron chi connectivity index (χ1n) is 31.7. The van der Waals surface area contributed by atoms with E-state index in [1.807, 2.05) is 0 Å². The highest BCUT2D eigenvalue weighted by atomic mass is 16.6. The Kier molecular flexibility index (Phi) is 58.1. The van der Waals surface area contributed by atoms with Gasteiger partial charge in [-0.2, -0.15) is 0 Å². The number of ether oxygens (including phenoxy) is 3. The molecule has 0 bridgehead atoms. The third kappa shape index (κ3) is 57.1. The van der Waals surface area contributed by atoms with Crippen LogP contribution in [-0.4, -0.2) is 37.2 Å². The van der Waals surface area contributed by atoms with Crippen molar-refractivity contribution >= 4 is 17.9 Å². The van der Waals surface area contributed by atoms with E-state index in [1.165, 1.54) is 257 Å². The SMILES string of the molecule is CCCCCC/C=C\CCCCCCCC(=O)OC(COC(=O)CCCCCCCCC)COC(=O)CCCCCCCCCCCCCCCCCCCCCCCCCCCCCCCCCC. The fourth-order valence-corrected chi connectivity index (χ4v) is 9.74. The summed E-state index contributed by atoms with van der Waals surface area (Å²) in [6.07, 6.45) is 69.9. The molecule has 0 aliphatic rings. The number of rotatable bonds is 59. The molecule has 0 aromatic heterocycles. The molecule has 414 valence electrons. The summed E-state index contributed by atoms with van der Waals surface area (Å²) in [7, 11) is 0. The Labute approximate surface area is 437 Å². The van der Waals surface area contributed by atoms with E-state index in [0.717, 1.165) is 64.2 Å². The lowest BCUT2D eigenvalue weighted by Gasteiger charge is -2.18. The standard InChI is InChI=1S/C64H122O6/c1-4-7-10-13-16-18-20-22-23-24-25-26-27-28-29-30-31-32-33-34-35-36-37-38-39-40-42-43-45-48-51-54-57-63(66)69-60-61(59-68-62(65)56-53-50-47-15-12-9-6-3)70-64(67)58-55-52-49-46-44-41-21-19-17-14-11-8-5-2/h19,21,61H,4-18,20,22-60H2,1-3H3/b21-19-. The lowest BCUT2D eigenvalue weighted by molar-refractivity contribution is -0.167. The van der Waals surface area contributed by atoms with E-state index in [4.69, 9.17) is 14.2 Å². The molecule has 0 aromatic carbocycles. The predicted molar refractivity (Wildman–Crippen MR) is 303 cm³/mol. The third-order valence-electron chi connectivity index (χ3n) is 14.5. The Morgan fingerprint density at radius 2 is 0.471 bits per heavy atom. The van der Waals surface area contributed by atoms with Crippen LogP contribution in [0.4, 0.5) is 0 Å². The second kappa shape index (κ2) is 59.7. The maximum absolute atomic E-state index is 12.8. The van der Waals surface area contributed by atoms with Gasteiger partial charge in [-0.3, -0.25) is 14.4 Å². The van der Waals surface area contributed by atoms with Crippen molar-refractivity contribution in [3.63, 3.8) is 0 Å². The zero-order chi connectivity index (χ0) is 50.7. The second-order valence-electron chi connectivity index (χ2n) is 21.7. The van der Waals surface area contributed by atoms with Crippen molar-refractivity contribution in [2.45, 2.75) is 367 Å². The highest BCUT2D eigenvalue weighted by Crippen LogP contribution is 2.18. The van der Waals surface area contributed by atoms with Gasteiger partial charge in [-0.25, -0.2) is 0 Å². The van der Waals surface area contributed by atoms with Crippen LogP contribution in [0.1, 0.15) is 361 Å². The van der Waals surface area contributed by atoms with Gasteiger partial charge in [0.05, 0.1) is 0 Å². The quantitative estimate of drug-likeness (QED) is 0.0261. The Bertz CT molecular complexity index is 1090. The predicted octanol–water partition coefficient (Wildman–Crippen LogP) is 21.3. The van der Waals surface area contributed by atoms with Crippen molar-refractivity contribution in [3.05, 3.63) is 12.2 Å². The number of allylic oxidation sites excluding steroid dienone is 2. The molecule has 0 saturated heterocycles. The van der Waals surface area contributed by atoms with Gasteiger partial charge in [0.2, 0.25) is 0 Å². The van der Waals surface area contributed by atoms with E-state index in [2.05, 4.69) is 32.9 Å². The van der Waals surface area contributed by atoms with Gasteiger partial charge in [-0.1, -0.05) is 309 Å². The normalized spacial score (nSPS) is 12.0.